The van der Waals surface area contributed by atoms with Crippen LogP contribution in [0.5, 0.6) is 0 Å². The van der Waals surface area contributed by atoms with E-state index < -0.39 is 6.04 Å². The molecule has 2 aromatic carbocycles. The maximum Gasteiger partial charge on any atom is 0.224 e. The minimum absolute atomic E-state index is 0.0322. The second kappa shape index (κ2) is 8.52. The standard InChI is InChI=1S/C26H21ClN4O/c1-16-13-20(14-16)26(32)31-23(24-25(27)29-12-11-28-24)19-8-7-18-9-10-21(30-22(18)15-19)17-5-3-2-4-6-17/h2-12,15,20,23H,1,13-14H2,(H,31,32). The smallest absolute Gasteiger partial charge is 0.224 e. The summed E-state index contributed by atoms with van der Waals surface area (Å²) in [6, 6.07) is 19.5. The van der Waals surface area contributed by atoms with E-state index in [1.807, 2.05) is 54.6 Å². The molecule has 0 spiro atoms. The first kappa shape index (κ1) is 20.3. The molecule has 0 radical (unpaired) electrons. The lowest BCUT2D eigenvalue weighted by Crippen LogP contribution is -2.38. The maximum absolute atomic E-state index is 12.9. The highest BCUT2D eigenvalue weighted by Crippen LogP contribution is 2.34. The second-order valence-electron chi connectivity index (χ2n) is 8.04. The molecule has 6 heteroatoms. The number of rotatable bonds is 5. The predicted molar refractivity (Wildman–Crippen MR) is 126 cm³/mol. The van der Waals surface area contributed by atoms with Crippen molar-refractivity contribution in [3.05, 3.63) is 102 Å². The quantitative estimate of drug-likeness (QED) is 0.415. The van der Waals surface area contributed by atoms with Crippen LogP contribution in [0.4, 0.5) is 0 Å². The Morgan fingerprint density at radius 2 is 1.78 bits per heavy atom. The SMILES string of the molecule is C=C1CC(C(=O)NC(c2ccc3ccc(-c4ccccc4)nc3c2)c2nccnc2Cl)C1. The summed E-state index contributed by atoms with van der Waals surface area (Å²) >= 11 is 6.37. The number of fused-ring (bicyclic) bond motifs is 1. The van der Waals surface area contributed by atoms with Crippen molar-refractivity contribution >= 4 is 28.4 Å². The molecule has 0 bridgehead atoms. The molecule has 158 valence electrons. The summed E-state index contributed by atoms with van der Waals surface area (Å²) in [6.45, 7) is 3.94. The van der Waals surface area contributed by atoms with Gasteiger partial charge >= 0.3 is 0 Å². The van der Waals surface area contributed by atoms with Crippen LogP contribution < -0.4 is 5.32 Å². The highest BCUT2D eigenvalue weighted by molar-refractivity contribution is 6.30. The van der Waals surface area contributed by atoms with Crippen LogP contribution in [-0.2, 0) is 4.79 Å². The third-order valence-electron chi connectivity index (χ3n) is 5.80. The van der Waals surface area contributed by atoms with Crippen molar-refractivity contribution in [2.45, 2.75) is 18.9 Å². The first-order valence-corrected chi connectivity index (χ1v) is 10.9. The zero-order valence-corrected chi connectivity index (χ0v) is 18.1. The van der Waals surface area contributed by atoms with Gasteiger partial charge in [0.2, 0.25) is 5.91 Å². The lowest BCUT2D eigenvalue weighted by Gasteiger charge is -2.29. The number of hydrogen-bond donors (Lipinski definition) is 1. The van der Waals surface area contributed by atoms with Crippen molar-refractivity contribution in [2.75, 3.05) is 0 Å². The van der Waals surface area contributed by atoms with Gasteiger partial charge in [0.1, 0.15) is 5.69 Å². The molecule has 5 nitrogen and oxygen atoms in total. The summed E-state index contributed by atoms with van der Waals surface area (Å²) in [4.78, 5) is 26.3. The third-order valence-corrected chi connectivity index (χ3v) is 6.09. The van der Waals surface area contributed by atoms with Crippen molar-refractivity contribution in [1.29, 1.82) is 0 Å². The molecule has 32 heavy (non-hydrogen) atoms. The Bertz CT molecular complexity index is 1310. The number of halogens is 1. The number of nitrogens with one attached hydrogen (secondary N) is 1. The van der Waals surface area contributed by atoms with Crippen molar-refractivity contribution in [2.24, 2.45) is 5.92 Å². The number of benzene rings is 2. The Morgan fingerprint density at radius 1 is 1.03 bits per heavy atom. The number of aromatic nitrogens is 3. The fraction of sp³-hybridized carbons (Fsp3) is 0.154. The number of hydrogen-bond acceptors (Lipinski definition) is 4. The third kappa shape index (κ3) is 3.99. The van der Waals surface area contributed by atoms with Crippen LogP contribution in [0, 0.1) is 5.92 Å². The Hall–Kier alpha value is -3.57. The van der Waals surface area contributed by atoms with Gasteiger partial charge in [-0.15, -0.1) is 0 Å². The van der Waals surface area contributed by atoms with Gasteiger partial charge in [-0.3, -0.25) is 9.78 Å². The molecule has 1 unspecified atom stereocenters. The predicted octanol–water partition coefficient (Wildman–Crippen LogP) is 5.52. The van der Waals surface area contributed by atoms with Crippen molar-refractivity contribution in [1.82, 2.24) is 20.3 Å². The molecule has 1 fully saturated rings. The van der Waals surface area contributed by atoms with Gasteiger partial charge in [0, 0.05) is 29.3 Å². The fourth-order valence-corrected chi connectivity index (χ4v) is 4.22. The molecule has 5 rings (SSSR count). The van der Waals surface area contributed by atoms with E-state index in [1.54, 1.807) is 6.20 Å². The Morgan fingerprint density at radius 3 is 2.53 bits per heavy atom. The number of nitrogens with zero attached hydrogens (tertiary/aromatic N) is 3. The van der Waals surface area contributed by atoms with E-state index in [9.17, 15) is 4.79 Å². The van der Waals surface area contributed by atoms with E-state index in [2.05, 4.69) is 27.9 Å². The molecule has 1 aliphatic rings. The minimum Gasteiger partial charge on any atom is -0.343 e. The number of carbonyl (C=O) groups is 1. The molecule has 2 aromatic heterocycles. The van der Waals surface area contributed by atoms with E-state index in [0.29, 0.717) is 18.5 Å². The zero-order valence-electron chi connectivity index (χ0n) is 17.3. The number of allylic oxidation sites excluding steroid dienone is 1. The molecule has 1 aliphatic carbocycles. The van der Waals surface area contributed by atoms with Crippen LogP contribution in [-0.4, -0.2) is 20.9 Å². The molecule has 1 atom stereocenters. The summed E-state index contributed by atoms with van der Waals surface area (Å²) in [7, 11) is 0. The van der Waals surface area contributed by atoms with E-state index >= 15 is 0 Å². The van der Waals surface area contributed by atoms with Crippen molar-refractivity contribution < 1.29 is 4.79 Å². The molecular formula is C26H21ClN4O. The van der Waals surface area contributed by atoms with Gasteiger partial charge in [0.25, 0.3) is 0 Å². The average Bonchev–Trinajstić information content (AvgIpc) is 2.81. The summed E-state index contributed by atoms with van der Waals surface area (Å²) in [6.07, 6.45) is 4.55. The average molecular weight is 441 g/mol. The van der Waals surface area contributed by atoms with Crippen molar-refractivity contribution in [3.8, 4) is 11.3 Å². The molecule has 1 amide bonds. The van der Waals surface area contributed by atoms with Gasteiger partial charge in [0.15, 0.2) is 5.15 Å². The lowest BCUT2D eigenvalue weighted by atomic mass is 9.80. The van der Waals surface area contributed by atoms with Gasteiger partial charge < -0.3 is 5.32 Å². The fourth-order valence-electron chi connectivity index (χ4n) is 4.00. The van der Waals surface area contributed by atoms with E-state index in [-0.39, 0.29) is 17.0 Å². The molecule has 4 aromatic rings. The zero-order chi connectivity index (χ0) is 22.1. The Labute approximate surface area is 191 Å². The summed E-state index contributed by atoms with van der Waals surface area (Å²) < 4.78 is 0. The van der Waals surface area contributed by atoms with Crippen molar-refractivity contribution in [3.63, 3.8) is 0 Å². The maximum atomic E-state index is 12.9. The summed E-state index contributed by atoms with van der Waals surface area (Å²) in [5.41, 5.74) is 5.24. The van der Waals surface area contributed by atoms with E-state index in [4.69, 9.17) is 16.6 Å². The summed E-state index contributed by atoms with van der Waals surface area (Å²) in [5, 5.41) is 4.41. The highest BCUT2D eigenvalue weighted by atomic mass is 35.5. The number of amides is 1. The monoisotopic (exact) mass is 440 g/mol. The van der Waals surface area contributed by atoms with Crippen LogP contribution in [0.1, 0.15) is 30.1 Å². The highest BCUT2D eigenvalue weighted by Gasteiger charge is 2.31. The van der Waals surface area contributed by atoms with Crippen LogP contribution in [0.15, 0.2) is 85.2 Å². The van der Waals surface area contributed by atoms with Gasteiger partial charge in [-0.2, -0.15) is 0 Å². The lowest BCUT2D eigenvalue weighted by molar-refractivity contribution is -0.126. The number of carbonyl (C=O) groups excluding carboxylic acids is 1. The Balaban J connectivity index is 1.55. The molecular weight excluding hydrogens is 420 g/mol. The number of pyridine rings is 1. The Kier molecular flexibility index (Phi) is 5.41. The molecule has 0 aliphatic heterocycles. The molecule has 2 heterocycles. The van der Waals surface area contributed by atoms with Crippen LogP contribution in [0.25, 0.3) is 22.2 Å². The van der Waals surface area contributed by atoms with Gasteiger partial charge in [0.05, 0.1) is 17.3 Å². The first-order chi connectivity index (χ1) is 15.6. The van der Waals surface area contributed by atoms with Gasteiger partial charge in [-0.1, -0.05) is 72.3 Å². The van der Waals surface area contributed by atoms with E-state index in [0.717, 1.165) is 33.3 Å². The van der Waals surface area contributed by atoms with Crippen LogP contribution >= 0.6 is 11.6 Å². The first-order valence-electron chi connectivity index (χ1n) is 10.5. The molecule has 1 N–H and O–H groups in total. The molecule has 0 saturated heterocycles. The molecule has 1 saturated carbocycles. The van der Waals surface area contributed by atoms with E-state index in [1.165, 1.54) is 6.20 Å². The normalized spacial score (nSPS) is 14.7. The van der Waals surface area contributed by atoms with Crippen LogP contribution in [0.2, 0.25) is 5.15 Å². The minimum atomic E-state index is -0.524. The van der Waals surface area contributed by atoms with Gasteiger partial charge in [-0.05, 0) is 30.5 Å². The van der Waals surface area contributed by atoms with Gasteiger partial charge in [-0.25, -0.2) is 9.97 Å². The topological polar surface area (TPSA) is 67.8 Å². The largest absolute Gasteiger partial charge is 0.343 e. The summed E-state index contributed by atoms with van der Waals surface area (Å²) in [5.74, 6) is -0.0982. The van der Waals surface area contributed by atoms with Crippen LogP contribution in [0.3, 0.4) is 0 Å². The second-order valence-corrected chi connectivity index (χ2v) is 8.40.